The maximum absolute atomic E-state index is 12.6. The minimum atomic E-state index is -0.280. The first kappa shape index (κ1) is 12.6. The van der Waals surface area contributed by atoms with Crippen molar-refractivity contribution in [3.63, 3.8) is 0 Å². The fourth-order valence-corrected chi connectivity index (χ4v) is 1.29. The Kier molecular flexibility index (Phi) is 5.50. The highest BCUT2D eigenvalue weighted by Crippen LogP contribution is 2.02. The summed E-state index contributed by atoms with van der Waals surface area (Å²) < 4.78 is 12.6. The molecular formula is C12H16FNO2. The molecule has 3 nitrogen and oxygen atoms in total. The highest BCUT2D eigenvalue weighted by Gasteiger charge is 2.00. The van der Waals surface area contributed by atoms with Gasteiger partial charge in [-0.2, -0.15) is 0 Å². The summed E-state index contributed by atoms with van der Waals surface area (Å²) in [5.74, 6) is -0.323. The molecule has 0 aliphatic carbocycles. The molecule has 0 aliphatic rings. The molecule has 1 rings (SSSR count). The molecule has 2 N–H and O–H groups in total. The summed E-state index contributed by atoms with van der Waals surface area (Å²) in [6, 6.07) is 6.02. The average Bonchev–Trinajstić information content (AvgIpc) is 2.29. The summed E-state index contributed by atoms with van der Waals surface area (Å²) in [5, 5.41) is 11.3. The Morgan fingerprint density at radius 3 is 2.56 bits per heavy atom. The van der Waals surface area contributed by atoms with Gasteiger partial charge >= 0.3 is 0 Å². The van der Waals surface area contributed by atoms with Gasteiger partial charge < -0.3 is 10.4 Å². The van der Waals surface area contributed by atoms with Gasteiger partial charge in [0.15, 0.2) is 0 Å². The second-order valence-electron chi connectivity index (χ2n) is 3.58. The third-order valence-electron chi connectivity index (χ3n) is 2.21. The van der Waals surface area contributed by atoms with Crippen LogP contribution in [0.15, 0.2) is 24.3 Å². The number of carbonyl (C=O) groups is 1. The number of amides is 1. The van der Waals surface area contributed by atoms with E-state index in [0.29, 0.717) is 25.8 Å². The van der Waals surface area contributed by atoms with Crippen molar-refractivity contribution in [1.29, 1.82) is 0 Å². The van der Waals surface area contributed by atoms with E-state index in [9.17, 15) is 9.18 Å². The Hall–Kier alpha value is -1.42. The van der Waals surface area contributed by atoms with Gasteiger partial charge in [0.25, 0.3) is 0 Å². The molecule has 1 amide bonds. The molecular weight excluding hydrogens is 209 g/mol. The zero-order chi connectivity index (χ0) is 11.8. The van der Waals surface area contributed by atoms with Crippen LogP contribution in [0.2, 0.25) is 0 Å². The molecule has 0 aliphatic heterocycles. The number of carbonyl (C=O) groups excluding carboxylic acids is 1. The van der Waals surface area contributed by atoms with Crippen molar-refractivity contribution in [2.75, 3.05) is 6.61 Å². The highest BCUT2D eigenvalue weighted by molar-refractivity contribution is 5.75. The summed E-state index contributed by atoms with van der Waals surface area (Å²) >= 11 is 0. The second kappa shape index (κ2) is 6.95. The molecule has 0 heterocycles. The molecule has 0 radical (unpaired) electrons. The Bertz CT molecular complexity index is 324. The lowest BCUT2D eigenvalue weighted by Crippen LogP contribution is -2.22. The van der Waals surface area contributed by atoms with Crippen LogP contribution < -0.4 is 5.32 Å². The van der Waals surface area contributed by atoms with Crippen LogP contribution in [0.5, 0.6) is 0 Å². The number of aliphatic hydroxyl groups is 1. The minimum Gasteiger partial charge on any atom is -0.396 e. The quantitative estimate of drug-likeness (QED) is 0.722. The van der Waals surface area contributed by atoms with Crippen LogP contribution in [-0.2, 0) is 11.3 Å². The van der Waals surface area contributed by atoms with Crippen molar-refractivity contribution in [3.05, 3.63) is 35.6 Å². The normalized spacial score (nSPS) is 10.1. The molecule has 0 atom stereocenters. The van der Waals surface area contributed by atoms with E-state index in [1.165, 1.54) is 12.1 Å². The Morgan fingerprint density at radius 1 is 1.25 bits per heavy atom. The van der Waals surface area contributed by atoms with Crippen LogP contribution in [0.1, 0.15) is 24.8 Å². The van der Waals surface area contributed by atoms with Gasteiger partial charge in [-0.05, 0) is 30.5 Å². The van der Waals surface area contributed by atoms with Gasteiger partial charge in [-0.3, -0.25) is 4.79 Å². The largest absolute Gasteiger partial charge is 0.396 e. The number of unbranched alkanes of at least 4 members (excludes halogenated alkanes) is 1. The average molecular weight is 225 g/mol. The molecule has 88 valence electrons. The van der Waals surface area contributed by atoms with Crippen LogP contribution in [0.25, 0.3) is 0 Å². The third-order valence-corrected chi connectivity index (χ3v) is 2.21. The van der Waals surface area contributed by atoms with E-state index in [1.54, 1.807) is 12.1 Å². The van der Waals surface area contributed by atoms with Crippen molar-refractivity contribution in [2.45, 2.75) is 25.8 Å². The third kappa shape index (κ3) is 4.89. The van der Waals surface area contributed by atoms with Crippen LogP contribution in [-0.4, -0.2) is 17.6 Å². The topological polar surface area (TPSA) is 49.3 Å². The van der Waals surface area contributed by atoms with E-state index in [-0.39, 0.29) is 18.3 Å². The van der Waals surface area contributed by atoms with Gasteiger partial charge in [-0.1, -0.05) is 12.1 Å². The van der Waals surface area contributed by atoms with Gasteiger partial charge in [0.2, 0.25) is 5.91 Å². The molecule has 1 aromatic carbocycles. The predicted octanol–water partition coefficient (Wildman–Crippen LogP) is 1.60. The zero-order valence-corrected chi connectivity index (χ0v) is 9.08. The summed E-state index contributed by atoms with van der Waals surface area (Å²) in [6.07, 6.45) is 1.75. The van der Waals surface area contributed by atoms with Crippen LogP contribution in [0.3, 0.4) is 0 Å². The molecule has 0 unspecified atom stereocenters. The first-order chi connectivity index (χ1) is 7.72. The predicted molar refractivity (Wildman–Crippen MR) is 59.2 cm³/mol. The lowest BCUT2D eigenvalue weighted by Gasteiger charge is -2.04. The van der Waals surface area contributed by atoms with E-state index in [1.807, 2.05) is 0 Å². The van der Waals surface area contributed by atoms with E-state index >= 15 is 0 Å². The van der Waals surface area contributed by atoms with Crippen molar-refractivity contribution in [3.8, 4) is 0 Å². The van der Waals surface area contributed by atoms with E-state index in [4.69, 9.17) is 5.11 Å². The summed E-state index contributed by atoms with van der Waals surface area (Å²) in [4.78, 5) is 11.3. The fraction of sp³-hybridized carbons (Fsp3) is 0.417. The SMILES string of the molecule is O=C(CCCCO)NCc1ccc(F)cc1. The number of benzene rings is 1. The summed E-state index contributed by atoms with van der Waals surface area (Å²) in [5.41, 5.74) is 0.872. The summed E-state index contributed by atoms with van der Waals surface area (Å²) in [6.45, 7) is 0.531. The number of hydrogen-bond donors (Lipinski definition) is 2. The number of rotatable bonds is 6. The second-order valence-corrected chi connectivity index (χ2v) is 3.58. The Balaban J connectivity index is 2.23. The maximum Gasteiger partial charge on any atom is 0.220 e. The Labute approximate surface area is 94.3 Å². The highest BCUT2D eigenvalue weighted by atomic mass is 19.1. The number of nitrogens with one attached hydrogen (secondary N) is 1. The number of hydrogen-bond acceptors (Lipinski definition) is 2. The molecule has 16 heavy (non-hydrogen) atoms. The van der Waals surface area contributed by atoms with Crippen LogP contribution in [0.4, 0.5) is 4.39 Å². The monoisotopic (exact) mass is 225 g/mol. The van der Waals surface area contributed by atoms with Gasteiger partial charge in [-0.15, -0.1) is 0 Å². The Morgan fingerprint density at radius 2 is 1.94 bits per heavy atom. The smallest absolute Gasteiger partial charge is 0.220 e. The first-order valence-corrected chi connectivity index (χ1v) is 5.34. The summed E-state index contributed by atoms with van der Waals surface area (Å²) in [7, 11) is 0. The van der Waals surface area contributed by atoms with Gasteiger partial charge in [0.1, 0.15) is 5.82 Å². The van der Waals surface area contributed by atoms with Crippen molar-refractivity contribution >= 4 is 5.91 Å². The van der Waals surface area contributed by atoms with Crippen LogP contribution >= 0.6 is 0 Å². The van der Waals surface area contributed by atoms with Crippen LogP contribution in [0, 0.1) is 5.82 Å². The molecule has 0 fully saturated rings. The van der Waals surface area contributed by atoms with E-state index in [2.05, 4.69) is 5.32 Å². The van der Waals surface area contributed by atoms with Crippen molar-refractivity contribution < 1.29 is 14.3 Å². The molecule has 1 aromatic rings. The zero-order valence-electron chi connectivity index (χ0n) is 9.08. The molecule has 4 heteroatoms. The number of aliphatic hydroxyl groups excluding tert-OH is 1. The van der Waals surface area contributed by atoms with E-state index < -0.39 is 0 Å². The van der Waals surface area contributed by atoms with Gasteiger partial charge in [-0.25, -0.2) is 4.39 Å². The molecule has 0 saturated heterocycles. The minimum absolute atomic E-state index is 0.0437. The molecule has 0 saturated carbocycles. The maximum atomic E-state index is 12.6. The van der Waals surface area contributed by atoms with Gasteiger partial charge in [0.05, 0.1) is 0 Å². The number of halogens is 1. The van der Waals surface area contributed by atoms with Crippen molar-refractivity contribution in [1.82, 2.24) is 5.32 Å². The first-order valence-electron chi connectivity index (χ1n) is 5.34. The lowest BCUT2D eigenvalue weighted by atomic mass is 10.2. The fourth-order valence-electron chi connectivity index (χ4n) is 1.29. The standard InChI is InChI=1S/C12H16FNO2/c13-11-6-4-10(5-7-11)9-14-12(16)3-1-2-8-15/h4-7,15H,1-3,8-9H2,(H,14,16). The van der Waals surface area contributed by atoms with Gasteiger partial charge in [0, 0.05) is 19.6 Å². The molecule has 0 spiro atoms. The molecule has 0 bridgehead atoms. The van der Waals surface area contributed by atoms with Crippen molar-refractivity contribution in [2.24, 2.45) is 0 Å². The lowest BCUT2D eigenvalue weighted by molar-refractivity contribution is -0.121. The van der Waals surface area contributed by atoms with E-state index in [0.717, 1.165) is 5.56 Å². The molecule has 0 aromatic heterocycles.